The maximum absolute atomic E-state index is 13.9. The Kier molecular flexibility index (Phi) is 9.19. The first-order chi connectivity index (χ1) is 19.5. The van der Waals surface area contributed by atoms with Crippen molar-refractivity contribution in [2.45, 2.75) is 64.4 Å². The van der Waals surface area contributed by atoms with Gasteiger partial charge in [0.2, 0.25) is 17.7 Å². The number of nitrogens with two attached hydrogens (primary N) is 1. The topological polar surface area (TPSA) is 153 Å². The summed E-state index contributed by atoms with van der Waals surface area (Å²) in [5.74, 6) is -1.62. The van der Waals surface area contributed by atoms with Crippen LogP contribution in [0.5, 0.6) is 0 Å². The van der Waals surface area contributed by atoms with Crippen LogP contribution in [0, 0.1) is 5.41 Å². The van der Waals surface area contributed by atoms with Crippen LogP contribution in [-0.4, -0.2) is 74.6 Å². The molecule has 41 heavy (non-hydrogen) atoms. The number of amides is 3. The summed E-state index contributed by atoms with van der Waals surface area (Å²) in [6.07, 6.45) is 0.974. The molecule has 0 unspecified atom stereocenters. The van der Waals surface area contributed by atoms with Crippen molar-refractivity contribution >= 4 is 17.7 Å². The van der Waals surface area contributed by atoms with Gasteiger partial charge >= 0.3 is 0 Å². The molecule has 3 amide bonds. The zero-order valence-electron chi connectivity index (χ0n) is 23.9. The number of methoxy groups -OCH3 is 1. The highest BCUT2D eigenvalue weighted by Gasteiger charge is 2.45. The minimum atomic E-state index is -0.995. The van der Waals surface area contributed by atoms with Crippen molar-refractivity contribution in [3.8, 4) is 11.1 Å². The van der Waals surface area contributed by atoms with Gasteiger partial charge in [-0.3, -0.25) is 14.4 Å². The number of carbonyl (C=O) groups excluding carboxylic acids is 3. The molecule has 0 aliphatic carbocycles. The summed E-state index contributed by atoms with van der Waals surface area (Å²) in [7, 11) is 1.54. The van der Waals surface area contributed by atoms with Crippen LogP contribution < -0.4 is 11.1 Å². The zero-order valence-corrected chi connectivity index (χ0v) is 23.9. The highest BCUT2D eigenvalue weighted by molar-refractivity contribution is 5.93. The maximum atomic E-state index is 13.9. The van der Waals surface area contributed by atoms with Gasteiger partial charge < -0.3 is 25.8 Å². The Morgan fingerprint density at radius 3 is 2.37 bits per heavy atom. The fourth-order valence-corrected chi connectivity index (χ4v) is 5.19. The molecular weight excluding hydrogens is 524 g/mol. The van der Waals surface area contributed by atoms with E-state index in [4.69, 9.17) is 10.5 Å². The second kappa shape index (κ2) is 12.6. The summed E-state index contributed by atoms with van der Waals surface area (Å²) >= 11 is 0. The Hall–Kier alpha value is -4.09. The molecule has 4 N–H and O–H groups in total. The maximum Gasteiger partial charge on any atom is 0.248 e. The van der Waals surface area contributed by atoms with Gasteiger partial charge in [-0.15, -0.1) is 5.10 Å². The number of ether oxygens (including phenoxy) is 1. The molecular formula is C30H38N6O5. The zero-order chi connectivity index (χ0) is 29.7. The van der Waals surface area contributed by atoms with Gasteiger partial charge in [-0.2, -0.15) is 0 Å². The Balaban J connectivity index is 1.50. The molecule has 3 aromatic rings. The Bertz CT molecular complexity index is 1350. The lowest BCUT2D eigenvalue weighted by atomic mass is 9.85. The van der Waals surface area contributed by atoms with Gasteiger partial charge in [0.25, 0.3) is 0 Å². The van der Waals surface area contributed by atoms with E-state index in [-0.39, 0.29) is 31.9 Å². The van der Waals surface area contributed by atoms with Crippen LogP contribution in [0.3, 0.4) is 0 Å². The van der Waals surface area contributed by atoms with E-state index >= 15 is 0 Å². The first-order valence-corrected chi connectivity index (χ1v) is 13.6. The molecule has 11 nitrogen and oxygen atoms in total. The van der Waals surface area contributed by atoms with E-state index in [0.29, 0.717) is 5.69 Å². The normalized spacial score (nSPS) is 18.6. The number of aliphatic hydroxyl groups excluding tert-OH is 1. The number of aromatic nitrogens is 3. The quantitative estimate of drug-likeness (QED) is 0.341. The van der Waals surface area contributed by atoms with Crippen molar-refractivity contribution in [1.29, 1.82) is 0 Å². The molecule has 1 fully saturated rings. The van der Waals surface area contributed by atoms with E-state index in [1.807, 2.05) is 75.4 Å². The number of aliphatic hydroxyl groups is 1. The van der Waals surface area contributed by atoms with E-state index < -0.39 is 41.5 Å². The minimum Gasteiger partial charge on any atom is -0.391 e. The van der Waals surface area contributed by atoms with Crippen LogP contribution in [0.4, 0.5) is 0 Å². The summed E-state index contributed by atoms with van der Waals surface area (Å²) in [5.41, 5.74) is 8.55. The molecule has 4 rings (SSSR count). The molecule has 11 heteroatoms. The minimum absolute atomic E-state index is 0.0225. The number of benzene rings is 2. The molecule has 0 saturated carbocycles. The summed E-state index contributed by atoms with van der Waals surface area (Å²) in [6.45, 7) is 5.89. The lowest BCUT2D eigenvalue weighted by Crippen LogP contribution is -2.54. The number of hydrogen-bond donors (Lipinski definition) is 3. The smallest absolute Gasteiger partial charge is 0.248 e. The Morgan fingerprint density at radius 1 is 1.10 bits per heavy atom. The van der Waals surface area contributed by atoms with Gasteiger partial charge in [-0.1, -0.05) is 80.6 Å². The summed E-state index contributed by atoms with van der Waals surface area (Å²) in [6, 6.07) is 14.8. The molecule has 0 bridgehead atoms. The van der Waals surface area contributed by atoms with Gasteiger partial charge in [-0.25, -0.2) is 4.68 Å². The number of β-amino-alcohol motifs (C(OH)–C–C–N with tert-alkyl or cyclic N) is 1. The summed E-state index contributed by atoms with van der Waals surface area (Å²) < 4.78 is 6.59. The third-order valence-electron chi connectivity index (χ3n) is 7.19. The SMILES string of the molecule is COCc1cn([C@H](C(=O)N2C[C@H](O)C[C@H]2C(=O)N[C@H](Cc2ccc(-c3ccccc3)cc2)C(N)=O)C(C)(C)C)nn1. The van der Waals surface area contributed by atoms with Gasteiger partial charge in [-0.05, 0) is 22.1 Å². The molecule has 1 saturated heterocycles. The first kappa shape index (κ1) is 29.9. The second-order valence-corrected chi connectivity index (χ2v) is 11.5. The predicted molar refractivity (Wildman–Crippen MR) is 152 cm³/mol. The summed E-state index contributed by atoms with van der Waals surface area (Å²) in [5, 5.41) is 21.4. The monoisotopic (exact) mass is 562 g/mol. The second-order valence-electron chi connectivity index (χ2n) is 11.5. The molecule has 0 spiro atoms. The number of rotatable bonds is 10. The third kappa shape index (κ3) is 7.17. The van der Waals surface area contributed by atoms with E-state index in [1.165, 1.54) is 9.58 Å². The number of primary amides is 1. The molecule has 218 valence electrons. The number of nitrogens with one attached hydrogen (secondary N) is 1. The predicted octanol–water partition coefficient (Wildman–Crippen LogP) is 1.85. The van der Waals surface area contributed by atoms with Crippen molar-refractivity contribution in [2.24, 2.45) is 11.1 Å². The van der Waals surface area contributed by atoms with E-state index in [1.54, 1.807) is 13.3 Å². The van der Waals surface area contributed by atoms with Gasteiger partial charge in [0, 0.05) is 26.5 Å². The van der Waals surface area contributed by atoms with Crippen LogP contribution in [0.1, 0.15) is 44.5 Å². The largest absolute Gasteiger partial charge is 0.391 e. The van der Waals surface area contributed by atoms with Gasteiger partial charge in [0.1, 0.15) is 23.8 Å². The fraction of sp³-hybridized carbons (Fsp3) is 0.433. The van der Waals surface area contributed by atoms with E-state index in [9.17, 15) is 19.5 Å². The number of nitrogens with zero attached hydrogens (tertiary/aromatic N) is 4. The summed E-state index contributed by atoms with van der Waals surface area (Å²) in [4.78, 5) is 41.1. The molecule has 1 aliphatic heterocycles. The fourth-order valence-electron chi connectivity index (χ4n) is 5.19. The van der Waals surface area contributed by atoms with Crippen molar-refractivity contribution in [3.63, 3.8) is 0 Å². The van der Waals surface area contributed by atoms with Crippen LogP contribution in [-0.2, 0) is 32.1 Å². The number of carbonyl (C=O) groups is 3. The highest BCUT2D eigenvalue weighted by Crippen LogP contribution is 2.34. The molecule has 1 aromatic heterocycles. The van der Waals surface area contributed by atoms with Crippen molar-refractivity contribution < 1.29 is 24.2 Å². The Morgan fingerprint density at radius 2 is 1.76 bits per heavy atom. The molecule has 2 aromatic carbocycles. The average Bonchev–Trinajstić information content (AvgIpc) is 3.55. The molecule has 4 atom stereocenters. The lowest BCUT2D eigenvalue weighted by molar-refractivity contribution is -0.144. The van der Waals surface area contributed by atoms with Crippen LogP contribution >= 0.6 is 0 Å². The third-order valence-corrected chi connectivity index (χ3v) is 7.19. The van der Waals surface area contributed by atoms with E-state index in [0.717, 1.165) is 16.7 Å². The average molecular weight is 563 g/mol. The van der Waals surface area contributed by atoms with Crippen LogP contribution in [0.25, 0.3) is 11.1 Å². The molecule has 0 radical (unpaired) electrons. The number of hydrogen-bond acceptors (Lipinski definition) is 7. The molecule has 2 heterocycles. The Labute approximate surface area is 239 Å². The van der Waals surface area contributed by atoms with Crippen molar-refractivity contribution in [3.05, 3.63) is 72.1 Å². The lowest BCUT2D eigenvalue weighted by Gasteiger charge is -2.34. The van der Waals surface area contributed by atoms with Crippen LogP contribution in [0.15, 0.2) is 60.8 Å². The highest BCUT2D eigenvalue weighted by atomic mass is 16.5. The number of likely N-dealkylation sites (tertiary alicyclic amines) is 1. The van der Waals surface area contributed by atoms with Crippen molar-refractivity contribution in [2.75, 3.05) is 13.7 Å². The van der Waals surface area contributed by atoms with E-state index in [2.05, 4.69) is 15.6 Å². The van der Waals surface area contributed by atoms with Gasteiger partial charge in [0.15, 0.2) is 0 Å². The van der Waals surface area contributed by atoms with Crippen molar-refractivity contribution in [1.82, 2.24) is 25.2 Å². The standard InChI is InChI=1S/C30H38N6O5/c1-30(2,3)26(36-16-22(18-41-4)33-34-36)29(40)35-17-23(37)15-25(35)28(39)32-24(27(31)38)14-19-10-12-21(13-11-19)20-8-6-5-7-9-20/h5-13,16,23-26,37H,14-15,17-18H2,1-4H3,(H2,31,38)(H,32,39)/t23-,24-,25+,26-/m1/s1. The van der Waals surface area contributed by atoms with Gasteiger partial charge in [0.05, 0.1) is 18.9 Å². The van der Waals surface area contributed by atoms with Crippen LogP contribution in [0.2, 0.25) is 0 Å². The molecule has 1 aliphatic rings. The first-order valence-electron chi connectivity index (χ1n) is 13.6.